The third-order valence-electron chi connectivity index (χ3n) is 4.31. The van der Waals surface area contributed by atoms with Gasteiger partial charge in [-0.05, 0) is 31.5 Å². The van der Waals surface area contributed by atoms with Crippen molar-refractivity contribution in [1.82, 2.24) is 19.9 Å². The molecule has 0 radical (unpaired) electrons. The highest BCUT2D eigenvalue weighted by Crippen LogP contribution is 2.28. The van der Waals surface area contributed by atoms with E-state index in [-0.39, 0.29) is 11.8 Å². The van der Waals surface area contributed by atoms with Crippen LogP contribution < -0.4 is 10.6 Å². The zero-order chi connectivity index (χ0) is 22.0. The minimum Gasteiger partial charge on any atom is -0.493 e. The number of thiazole rings is 1. The van der Waals surface area contributed by atoms with Crippen molar-refractivity contribution in [1.29, 1.82) is 0 Å². The van der Waals surface area contributed by atoms with Crippen LogP contribution in [0.15, 0.2) is 48.8 Å². The van der Waals surface area contributed by atoms with Crippen LogP contribution in [0.2, 0.25) is 5.02 Å². The van der Waals surface area contributed by atoms with Gasteiger partial charge in [0.2, 0.25) is 5.88 Å². The number of para-hydroxylation sites is 1. The number of benzene rings is 1. The lowest BCUT2D eigenvalue weighted by Crippen LogP contribution is -2.11. The average Bonchev–Trinajstić information content (AvgIpc) is 3.19. The normalized spacial score (nSPS) is 10.7. The maximum Gasteiger partial charge on any atom is 0.267 e. The Balaban J connectivity index is 1.52. The Morgan fingerprint density at radius 3 is 2.68 bits per heavy atom. The number of aromatic nitrogens is 4. The number of amides is 1. The van der Waals surface area contributed by atoms with Gasteiger partial charge in [-0.15, -0.1) is 0 Å². The van der Waals surface area contributed by atoms with Gasteiger partial charge in [0.15, 0.2) is 5.13 Å². The van der Waals surface area contributed by atoms with Crippen molar-refractivity contribution < 1.29 is 9.90 Å². The van der Waals surface area contributed by atoms with Gasteiger partial charge in [-0.1, -0.05) is 35.1 Å². The van der Waals surface area contributed by atoms with Crippen molar-refractivity contribution in [2.45, 2.75) is 13.8 Å². The summed E-state index contributed by atoms with van der Waals surface area (Å²) >= 11 is 7.38. The standard InChI is InChI=1S/C21H17ClN6O2S/c1-11-4-3-5-14(22)19(11)28-20(30)16-10-24-21(31-16)27-17-8-15(25-12(2)26-17)13-6-7-18(29)23-9-13/h3-10H,1-2H3,(H,23,29)(H,28,30)(H,24,25,26,27). The first-order chi connectivity index (χ1) is 14.9. The van der Waals surface area contributed by atoms with E-state index in [4.69, 9.17) is 11.6 Å². The monoisotopic (exact) mass is 452 g/mol. The lowest BCUT2D eigenvalue weighted by atomic mass is 10.2. The topological polar surface area (TPSA) is 113 Å². The average molecular weight is 453 g/mol. The summed E-state index contributed by atoms with van der Waals surface area (Å²) in [5.74, 6) is 0.723. The van der Waals surface area contributed by atoms with E-state index >= 15 is 0 Å². The minimum absolute atomic E-state index is 0.0616. The van der Waals surface area contributed by atoms with Gasteiger partial charge in [0.1, 0.15) is 16.5 Å². The molecule has 3 aromatic heterocycles. The minimum atomic E-state index is -0.295. The van der Waals surface area contributed by atoms with E-state index in [0.29, 0.717) is 38.1 Å². The van der Waals surface area contributed by atoms with Crippen LogP contribution in [0.1, 0.15) is 21.1 Å². The first kappa shape index (κ1) is 20.7. The molecule has 0 saturated carbocycles. The Kier molecular flexibility index (Phi) is 5.79. The molecule has 0 aliphatic heterocycles. The second-order valence-corrected chi connectivity index (χ2v) is 8.07. The third kappa shape index (κ3) is 4.79. The summed E-state index contributed by atoms with van der Waals surface area (Å²) < 4.78 is 0. The Morgan fingerprint density at radius 2 is 1.94 bits per heavy atom. The van der Waals surface area contributed by atoms with Gasteiger partial charge in [-0.25, -0.2) is 19.9 Å². The second kappa shape index (κ2) is 8.66. The predicted octanol–water partition coefficient (Wildman–Crippen LogP) is 4.97. The number of nitrogens with one attached hydrogen (secondary N) is 2. The van der Waals surface area contributed by atoms with Gasteiger partial charge >= 0.3 is 0 Å². The fourth-order valence-electron chi connectivity index (χ4n) is 2.83. The van der Waals surface area contributed by atoms with Crippen molar-refractivity contribution in [3.05, 3.63) is 70.1 Å². The van der Waals surface area contributed by atoms with Crippen molar-refractivity contribution in [3.63, 3.8) is 0 Å². The molecular weight excluding hydrogens is 436 g/mol. The third-order valence-corrected chi connectivity index (χ3v) is 5.53. The maximum atomic E-state index is 12.6. The predicted molar refractivity (Wildman–Crippen MR) is 121 cm³/mol. The van der Waals surface area contributed by atoms with E-state index in [1.54, 1.807) is 25.1 Å². The number of aryl methyl sites for hydroxylation is 2. The summed E-state index contributed by atoms with van der Waals surface area (Å²) in [6.07, 6.45) is 3.02. The molecule has 156 valence electrons. The lowest BCUT2D eigenvalue weighted by molar-refractivity contribution is 0.103. The molecule has 1 aromatic carbocycles. The van der Waals surface area contributed by atoms with E-state index in [2.05, 4.69) is 30.6 Å². The molecule has 3 heterocycles. The molecule has 0 unspecified atom stereocenters. The van der Waals surface area contributed by atoms with Crippen LogP contribution in [-0.2, 0) is 0 Å². The molecule has 10 heteroatoms. The molecule has 0 fully saturated rings. The zero-order valence-corrected chi connectivity index (χ0v) is 18.1. The highest BCUT2D eigenvalue weighted by molar-refractivity contribution is 7.17. The van der Waals surface area contributed by atoms with Gasteiger partial charge in [0, 0.05) is 23.9 Å². The number of carbonyl (C=O) groups excluding carboxylic acids is 1. The lowest BCUT2D eigenvalue weighted by Gasteiger charge is -2.09. The quantitative estimate of drug-likeness (QED) is 0.392. The molecule has 4 rings (SSSR count). The molecule has 0 spiro atoms. The number of aromatic hydroxyl groups is 1. The van der Waals surface area contributed by atoms with Crippen molar-refractivity contribution in [3.8, 4) is 17.1 Å². The molecule has 31 heavy (non-hydrogen) atoms. The first-order valence-corrected chi connectivity index (χ1v) is 10.4. The maximum absolute atomic E-state index is 12.6. The summed E-state index contributed by atoms with van der Waals surface area (Å²) in [6, 6.07) is 10.4. The molecule has 0 aliphatic carbocycles. The van der Waals surface area contributed by atoms with Gasteiger partial charge in [-0.3, -0.25) is 4.79 Å². The Hall–Kier alpha value is -3.56. The first-order valence-electron chi connectivity index (χ1n) is 9.19. The van der Waals surface area contributed by atoms with Crippen LogP contribution in [0, 0.1) is 13.8 Å². The zero-order valence-electron chi connectivity index (χ0n) is 16.5. The van der Waals surface area contributed by atoms with Crippen molar-refractivity contribution >= 4 is 45.5 Å². The van der Waals surface area contributed by atoms with Crippen LogP contribution in [0.3, 0.4) is 0 Å². The second-order valence-electron chi connectivity index (χ2n) is 6.63. The smallest absolute Gasteiger partial charge is 0.267 e. The van der Waals surface area contributed by atoms with Gasteiger partial charge < -0.3 is 15.7 Å². The number of carbonyl (C=O) groups is 1. The van der Waals surface area contributed by atoms with E-state index in [0.717, 1.165) is 11.1 Å². The van der Waals surface area contributed by atoms with E-state index in [1.807, 2.05) is 19.1 Å². The van der Waals surface area contributed by atoms with Gasteiger partial charge in [-0.2, -0.15) is 0 Å². The number of nitrogens with zero attached hydrogens (tertiary/aromatic N) is 4. The number of rotatable bonds is 5. The van der Waals surface area contributed by atoms with E-state index in [1.165, 1.54) is 29.8 Å². The Morgan fingerprint density at radius 1 is 1.10 bits per heavy atom. The fraction of sp³-hybridized carbons (Fsp3) is 0.0952. The van der Waals surface area contributed by atoms with E-state index in [9.17, 15) is 9.90 Å². The molecule has 0 saturated heterocycles. The summed E-state index contributed by atoms with van der Waals surface area (Å²) in [5.41, 5.74) is 2.83. The van der Waals surface area contributed by atoms with Crippen LogP contribution in [0.25, 0.3) is 11.3 Å². The van der Waals surface area contributed by atoms with Gasteiger partial charge in [0.05, 0.1) is 22.6 Å². The van der Waals surface area contributed by atoms with Crippen LogP contribution >= 0.6 is 22.9 Å². The van der Waals surface area contributed by atoms with Crippen LogP contribution in [0.4, 0.5) is 16.6 Å². The molecule has 8 nitrogen and oxygen atoms in total. The number of pyridine rings is 1. The molecule has 4 aromatic rings. The molecule has 0 bridgehead atoms. The highest BCUT2D eigenvalue weighted by atomic mass is 35.5. The molecular formula is C21H17ClN6O2S. The van der Waals surface area contributed by atoms with Crippen LogP contribution in [-0.4, -0.2) is 30.9 Å². The highest BCUT2D eigenvalue weighted by Gasteiger charge is 2.15. The number of hydrogen-bond acceptors (Lipinski definition) is 8. The number of anilines is 3. The molecule has 0 aliphatic rings. The number of halogens is 1. The SMILES string of the molecule is Cc1nc(Nc2ncc(C(=O)Nc3c(C)cccc3Cl)s2)cc(-c2ccc(O)nc2)n1. The summed E-state index contributed by atoms with van der Waals surface area (Å²) in [6.45, 7) is 3.65. The van der Waals surface area contributed by atoms with Gasteiger partial charge in [0.25, 0.3) is 5.91 Å². The molecule has 1 amide bonds. The molecule has 0 atom stereocenters. The number of hydrogen-bond donors (Lipinski definition) is 3. The molecule has 3 N–H and O–H groups in total. The van der Waals surface area contributed by atoms with Crippen molar-refractivity contribution in [2.75, 3.05) is 10.6 Å². The summed E-state index contributed by atoms with van der Waals surface area (Å²) in [7, 11) is 0. The Bertz CT molecular complexity index is 1240. The summed E-state index contributed by atoms with van der Waals surface area (Å²) in [5, 5.41) is 16.3. The van der Waals surface area contributed by atoms with Crippen molar-refractivity contribution in [2.24, 2.45) is 0 Å². The van der Waals surface area contributed by atoms with E-state index < -0.39 is 0 Å². The largest absolute Gasteiger partial charge is 0.493 e. The fourth-order valence-corrected chi connectivity index (χ4v) is 3.82. The van der Waals surface area contributed by atoms with Crippen LogP contribution in [0.5, 0.6) is 5.88 Å². The summed E-state index contributed by atoms with van der Waals surface area (Å²) in [4.78, 5) is 30.0. The Labute approximate surface area is 187 Å².